The van der Waals surface area contributed by atoms with Gasteiger partial charge in [0.25, 0.3) is 0 Å². The molecule has 0 spiro atoms. The van der Waals surface area contributed by atoms with E-state index in [4.69, 9.17) is 4.43 Å². The van der Waals surface area contributed by atoms with Gasteiger partial charge in [-0.1, -0.05) is 53.2 Å². The van der Waals surface area contributed by atoms with Crippen molar-refractivity contribution in [2.45, 2.75) is 97.9 Å². The third-order valence-electron chi connectivity index (χ3n) is 5.47. The second-order valence-corrected chi connectivity index (χ2v) is 14.0. The fraction of sp³-hybridized carbons (Fsp3) is 0.895. The van der Waals surface area contributed by atoms with E-state index in [0.717, 1.165) is 5.92 Å². The first-order valence-corrected chi connectivity index (χ1v) is 11.7. The zero-order valence-electron chi connectivity index (χ0n) is 15.8. The lowest BCUT2D eigenvalue weighted by molar-refractivity contribution is 0.183. The zero-order chi connectivity index (χ0) is 16.3. The largest absolute Gasteiger partial charge is 0.414 e. The fourth-order valence-corrected chi connectivity index (χ4v) is 4.26. The average molecular weight is 311 g/mol. The molecule has 0 saturated carbocycles. The van der Waals surface area contributed by atoms with Crippen molar-refractivity contribution >= 4 is 8.32 Å². The Balaban J connectivity index is 2.30. The molecule has 0 bridgehead atoms. The molecule has 0 radical (unpaired) electrons. The van der Waals surface area contributed by atoms with Gasteiger partial charge in [-0.05, 0) is 62.1 Å². The maximum Gasteiger partial charge on any atom is 0.192 e. The molecule has 0 aromatic rings. The van der Waals surface area contributed by atoms with Crippen molar-refractivity contribution in [3.63, 3.8) is 0 Å². The van der Waals surface area contributed by atoms with E-state index in [9.17, 15) is 0 Å². The summed E-state index contributed by atoms with van der Waals surface area (Å²) in [5, 5.41) is 0.318. The molecule has 0 aromatic heterocycles. The average Bonchev–Trinajstić information content (AvgIpc) is 2.29. The maximum absolute atomic E-state index is 6.45. The van der Waals surface area contributed by atoms with Gasteiger partial charge in [-0.15, -0.1) is 0 Å². The van der Waals surface area contributed by atoms with Crippen LogP contribution in [0, 0.1) is 11.3 Å². The van der Waals surface area contributed by atoms with E-state index in [2.05, 4.69) is 66.8 Å². The number of allylic oxidation sites excluding steroid dienone is 2. The van der Waals surface area contributed by atoms with Crippen LogP contribution in [0.3, 0.4) is 0 Å². The van der Waals surface area contributed by atoms with Gasteiger partial charge >= 0.3 is 0 Å². The van der Waals surface area contributed by atoms with Crippen LogP contribution in [0.2, 0.25) is 18.1 Å². The third kappa shape index (κ3) is 6.28. The first kappa shape index (κ1) is 19.0. The molecule has 124 valence electrons. The van der Waals surface area contributed by atoms with Crippen LogP contribution in [0.25, 0.3) is 0 Å². The molecule has 0 aromatic carbocycles. The highest BCUT2D eigenvalue weighted by atomic mass is 28.4. The third-order valence-corrected chi connectivity index (χ3v) is 10.1. The lowest BCUT2D eigenvalue weighted by Gasteiger charge is -2.38. The molecule has 21 heavy (non-hydrogen) atoms. The monoisotopic (exact) mass is 310 g/mol. The Labute approximate surface area is 134 Å². The summed E-state index contributed by atoms with van der Waals surface area (Å²) in [6.45, 7) is 18.6. The van der Waals surface area contributed by atoms with Crippen molar-refractivity contribution < 1.29 is 4.43 Å². The smallest absolute Gasteiger partial charge is 0.192 e. The molecule has 0 unspecified atom stereocenters. The second kappa shape index (κ2) is 7.00. The summed E-state index contributed by atoms with van der Waals surface area (Å²) >= 11 is 0. The van der Waals surface area contributed by atoms with Gasteiger partial charge in [0.1, 0.15) is 0 Å². The Morgan fingerprint density at radius 3 is 2.38 bits per heavy atom. The van der Waals surface area contributed by atoms with Gasteiger partial charge < -0.3 is 4.43 Å². The first-order valence-electron chi connectivity index (χ1n) is 8.80. The molecular weight excluding hydrogens is 272 g/mol. The van der Waals surface area contributed by atoms with E-state index in [-0.39, 0.29) is 0 Å². The summed E-state index contributed by atoms with van der Waals surface area (Å²) in [7, 11) is -1.59. The highest BCUT2D eigenvalue weighted by Gasteiger charge is 2.38. The number of rotatable bonds is 6. The molecule has 0 saturated heterocycles. The van der Waals surface area contributed by atoms with Crippen molar-refractivity contribution in [2.75, 3.05) is 0 Å². The molecule has 1 rings (SSSR count). The first-order chi connectivity index (χ1) is 9.43. The van der Waals surface area contributed by atoms with E-state index < -0.39 is 8.32 Å². The number of hydrogen-bond acceptors (Lipinski definition) is 1. The van der Waals surface area contributed by atoms with Crippen molar-refractivity contribution in [1.29, 1.82) is 0 Å². The van der Waals surface area contributed by atoms with Crippen LogP contribution in [0.15, 0.2) is 12.2 Å². The Kier molecular flexibility index (Phi) is 6.32. The van der Waals surface area contributed by atoms with Crippen molar-refractivity contribution in [3.8, 4) is 0 Å². The Morgan fingerprint density at radius 2 is 1.90 bits per heavy atom. The van der Waals surface area contributed by atoms with E-state index in [1.807, 2.05) is 0 Å². The van der Waals surface area contributed by atoms with Crippen LogP contribution in [0.4, 0.5) is 0 Å². The van der Waals surface area contributed by atoms with Crippen LogP contribution in [-0.2, 0) is 4.43 Å². The summed E-state index contributed by atoms with van der Waals surface area (Å²) in [5.74, 6) is 0.804. The van der Waals surface area contributed by atoms with E-state index in [0.29, 0.717) is 16.6 Å². The summed E-state index contributed by atoms with van der Waals surface area (Å²) in [6.07, 6.45) is 11.8. The molecule has 1 aliphatic rings. The maximum atomic E-state index is 6.45. The molecule has 0 fully saturated rings. The quantitative estimate of drug-likeness (QED) is 0.399. The Hall–Kier alpha value is -0.0831. The SMILES string of the molecule is C[C@@H](CCC[C@@H]1C=CC(C)(C)CC1)O[Si](C)(C)C(C)(C)C. The summed E-state index contributed by atoms with van der Waals surface area (Å²) < 4.78 is 6.45. The van der Waals surface area contributed by atoms with Crippen LogP contribution >= 0.6 is 0 Å². The van der Waals surface area contributed by atoms with Gasteiger partial charge in [0.15, 0.2) is 8.32 Å². The summed E-state index contributed by atoms with van der Waals surface area (Å²) in [6, 6.07) is 0. The minimum atomic E-state index is -1.59. The van der Waals surface area contributed by atoms with Crippen molar-refractivity contribution in [2.24, 2.45) is 11.3 Å². The normalized spacial score (nSPS) is 24.1. The van der Waals surface area contributed by atoms with E-state index >= 15 is 0 Å². The van der Waals surface area contributed by atoms with E-state index in [1.54, 1.807) is 0 Å². The van der Waals surface area contributed by atoms with Crippen LogP contribution < -0.4 is 0 Å². The van der Waals surface area contributed by atoms with Gasteiger partial charge in [-0.2, -0.15) is 0 Å². The Morgan fingerprint density at radius 1 is 1.29 bits per heavy atom. The molecule has 1 aliphatic carbocycles. The fourth-order valence-electron chi connectivity index (χ4n) is 2.78. The Bertz CT molecular complexity index is 349. The molecular formula is C19H38OSi. The van der Waals surface area contributed by atoms with Gasteiger partial charge in [-0.3, -0.25) is 0 Å². The van der Waals surface area contributed by atoms with Gasteiger partial charge in [-0.25, -0.2) is 0 Å². The van der Waals surface area contributed by atoms with Gasteiger partial charge in [0, 0.05) is 6.10 Å². The minimum absolute atomic E-state index is 0.318. The highest BCUT2D eigenvalue weighted by molar-refractivity contribution is 6.74. The summed E-state index contributed by atoms with van der Waals surface area (Å²) in [5.41, 5.74) is 0.426. The van der Waals surface area contributed by atoms with Crippen LogP contribution in [0.1, 0.15) is 73.6 Å². The lowest BCUT2D eigenvalue weighted by atomic mass is 9.77. The van der Waals surface area contributed by atoms with Gasteiger partial charge in [0.2, 0.25) is 0 Å². The van der Waals surface area contributed by atoms with Crippen LogP contribution in [-0.4, -0.2) is 14.4 Å². The number of hydrogen-bond donors (Lipinski definition) is 0. The summed E-state index contributed by atoms with van der Waals surface area (Å²) in [4.78, 5) is 0. The molecule has 0 amide bonds. The van der Waals surface area contributed by atoms with Crippen molar-refractivity contribution in [3.05, 3.63) is 12.2 Å². The molecule has 2 heteroatoms. The predicted molar refractivity (Wildman–Crippen MR) is 97.2 cm³/mol. The van der Waals surface area contributed by atoms with E-state index in [1.165, 1.54) is 32.1 Å². The topological polar surface area (TPSA) is 9.23 Å². The zero-order valence-corrected chi connectivity index (χ0v) is 16.8. The molecule has 1 nitrogen and oxygen atoms in total. The van der Waals surface area contributed by atoms with Gasteiger partial charge in [0.05, 0.1) is 0 Å². The predicted octanol–water partition coefficient (Wildman–Crippen LogP) is 6.56. The van der Waals surface area contributed by atoms with Crippen molar-refractivity contribution in [1.82, 2.24) is 0 Å². The molecule has 0 N–H and O–H groups in total. The minimum Gasteiger partial charge on any atom is -0.414 e. The molecule has 0 aliphatic heterocycles. The van der Waals surface area contributed by atoms with Crippen LogP contribution in [0.5, 0.6) is 0 Å². The standard InChI is InChI=1S/C19H38OSi/c1-16(20-21(7,8)18(2,3)4)10-9-11-17-12-14-19(5,6)15-13-17/h12,14,16-17H,9-11,13,15H2,1-8H3/t16-,17+/m0/s1. The second-order valence-electron chi connectivity index (χ2n) is 9.27. The molecule has 0 heterocycles. The lowest BCUT2D eigenvalue weighted by Crippen LogP contribution is -2.43. The highest BCUT2D eigenvalue weighted by Crippen LogP contribution is 2.38. The molecule has 2 atom stereocenters.